The van der Waals surface area contributed by atoms with Gasteiger partial charge in [-0.25, -0.2) is 0 Å². The third kappa shape index (κ3) is 4.23. The molecule has 0 spiro atoms. The van der Waals surface area contributed by atoms with Gasteiger partial charge in [0, 0.05) is 0 Å². The summed E-state index contributed by atoms with van der Waals surface area (Å²) in [5.41, 5.74) is 2.02. The van der Waals surface area contributed by atoms with E-state index < -0.39 is 0 Å². The van der Waals surface area contributed by atoms with Gasteiger partial charge in [-0.3, -0.25) is 0 Å². The molecule has 0 aliphatic carbocycles. The molecule has 1 nitrogen and oxygen atoms in total. The van der Waals surface area contributed by atoms with Gasteiger partial charge < -0.3 is 12.5 Å². The first kappa shape index (κ1) is 13.3. The maximum atomic E-state index is 8.54. The predicted molar refractivity (Wildman–Crippen MR) is 42.9 cm³/mol. The second-order valence-electron chi connectivity index (χ2n) is 2.04. The minimum atomic E-state index is 0. The number of aliphatic hydroxyl groups excluding tert-OH is 1. The number of aryl methyl sites for hydroxylation is 1. The summed E-state index contributed by atoms with van der Waals surface area (Å²) >= 11 is 0. The van der Waals surface area contributed by atoms with Crippen LogP contribution in [0.4, 0.5) is 0 Å². The number of aliphatic hydroxyl groups is 1. The molecule has 0 aliphatic rings. The first-order valence-electron chi connectivity index (χ1n) is 2.87. The molecule has 1 rings (SSSR count). The molecule has 0 heterocycles. The fraction of sp³-hybridized carbons (Fsp3) is 0.111. The second-order valence-corrected chi connectivity index (χ2v) is 2.04. The molecule has 0 atom stereocenters. The molecule has 0 radical (unpaired) electrons. The quantitative estimate of drug-likeness (QED) is 0.788. The normalized spacial score (nSPS) is 7.45. The number of hydrogen-bond acceptors (Lipinski definition) is 1. The molecular weight excluding hydrogens is 308 g/mol. The Labute approximate surface area is 82.7 Å². The minimum Gasteiger partial charge on any atom is -0.429 e. The van der Waals surface area contributed by atoms with Gasteiger partial charge in [-0.1, -0.05) is 19.6 Å². The Morgan fingerprint density at radius 2 is 2.00 bits per heavy atom. The van der Waals surface area contributed by atoms with Crippen LogP contribution in [-0.2, 0) is 21.1 Å². The van der Waals surface area contributed by atoms with Crippen molar-refractivity contribution < 1.29 is 26.2 Å². The van der Waals surface area contributed by atoms with Gasteiger partial charge in [0.1, 0.15) is 0 Å². The molecule has 0 bridgehead atoms. The summed E-state index contributed by atoms with van der Waals surface area (Å²) < 4.78 is 0. The molecule has 0 fully saturated rings. The fourth-order valence-electron chi connectivity index (χ4n) is 0.750. The monoisotopic (exact) mass is 320 g/mol. The number of hydrogen-bond donors (Lipinski definition) is 1. The van der Waals surface area contributed by atoms with Gasteiger partial charge in [-0.05, 0) is 0 Å². The summed E-state index contributed by atoms with van der Waals surface area (Å²) in [4.78, 5) is 0. The Hall–Kier alpha value is -0.262. The van der Waals surface area contributed by atoms with Gasteiger partial charge >= 0.3 is 21.1 Å². The molecule has 1 aromatic carbocycles. The van der Waals surface area contributed by atoms with Gasteiger partial charge in [-0.15, -0.1) is 11.6 Å². The molecule has 0 aromatic heterocycles. The summed E-state index contributed by atoms with van der Waals surface area (Å²) in [6, 6.07) is 7.68. The zero-order chi connectivity index (χ0) is 6.69. The van der Waals surface area contributed by atoms with E-state index in [-0.39, 0.29) is 28.5 Å². The summed E-state index contributed by atoms with van der Waals surface area (Å²) in [6.07, 6.45) is 0. The van der Waals surface area contributed by atoms with Crippen LogP contribution in [0.25, 0.3) is 0 Å². The molecule has 2 heteroatoms. The van der Waals surface area contributed by atoms with E-state index in [2.05, 4.69) is 0 Å². The molecule has 0 unspecified atom stereocenters. The van der Waals surface area contributed by atoms with Crippen molar-refractivity contribution in [2.24, 2.45) is 0 Å². The zero-order valence-corrected chi connectivity index (χ0v) is 9.68. The van der Waals surface area contributed by atoms with Gasteiger partial charge in [-0.2, -0.15) is 17.7 Å². The van der Waals surface area contributed by atoms with Gasteiger partial charge in [0.25, 0.3) is 0 Å². The first-order chi connectivity index (χ1) is 4.33. The topological polar surface area (TPSA) is 20.2 Å². The summed E-state index contributed by atoms with van der Waals surface area (Å²) in [5.74, 6) is 0. The van der Waals surface area contributed by atoms with E-state index in [9.17, 15) is 0 Å². The standard InChI is InChI=1S/C8H9O.CH3.W/c1-7-3-2-4-8(5-7)6-9;;/h2-6,9H,1H3;1H3;/q2*-1;+2. The fourth-order valence-corrected chi connectivity index (χ4v) is 0.750. The van der Waals surface area contributed by atoms with E-state index in [1.54, 1.807) is 0 Å². The van der Waals surface area contributed by atoms with Crippen molar-refractivity contribution >= 4 is 0 Å². The molecular formula is C9H12OW. The summed E-state index contributed by atoms with van der Waals surface area (Å²) in [7, 11) is 0. The number of benzene rings is 1. The Morgan fingerprint density at radius 3 is 2.36 bits per heavy atom. The van der Waals surface area contributed by atoms with Crippen LogP contribution >= 0.6 is 0 Å². The molecule has 0 amide bonds. The van der Waals surface area contributed by atoms with E-state index in [1.165, 1.54) is 0 Å². The molecule has 1 N–H and O–H groups in total. The zero-order valence-electron chi connectivity index (χ0n) is 6.74. The Balaban J connectivity index is 0. The average Bonchev–Trinajstić information content (AvgIpc) is 1.88. The molecule has 0 saturated heterocycles. The van der Waals surface area contributed by atoms with Crippen LogP contribution in [0.15, 0.2) is 24.3 Å². The minimum absolute atomic E-state index is 0. The van der Waals surface area contributed by atoms with E-state index in [0.717, 1.165) is 17.7 Å². The van der Waals surface area contributed by atoms with Crippen molar-refractivity contribution in [3.8, 4) is 0 Å². The van der Waals surface area contributed by atoms with Gasteiger partial charge in [0.05, 0.1) is 0 Å². The van der Waals surface area contributed by atoms with Crippen molar-refractivity contribution in [3.63, 3.8) is 0 Å². The van der Waals surface area contributed by atoms with E-state index in [0.29, 0.717) is 0 Å². The Kier molecular flexibility index (Phi) is 7.82. The van der Waals surface area contributed by atoms with Crippen molar-refractivity contribution in [2.45, 2.75) is 6.92 Å². The van der Waals surface area contributed by atoms with E-state index in [4.69, 9.17) is 5.11 Å². The van der Waals surface area contributed by atoms with Crippen LogP contribution in [-0.4, -0.2) is 5.11 Å². The van der Waals surface area contributed by atoms with E-state index >= 15 is 0 Å². The van der Waals surface area contributed by atoms with Crippen molar-refractivity contribution in [3.05, 3.63) is 49.4 Å². The summed E-state index contributed by atoms with van der Waals surface area (Å²) in [6.45, 7) is 3.10. The Bertz CT molecular complexity index is 199. The van der Waals surface area contributed by atoms with Gasteiger partial charge in [0.2, 0.25) is 0 Å². The van der Waals surface area contributed by atoms with Crippen LogP contribution in [0.1, 0.15) is 11.1 Å². The SMILES string of the molecule is Cc1cccc([CH-]O)c1.[CH3-].[W+2]. The van der Waals surface area contributed by atoms with Crippen LogP contribution in [0, 0.1) is 21.0 Å². The molecule has 1 aromatic rings. The van der Waals surface area contributed by atoms with Crippen molar-refractivity contribution in [1.29, 1.82) is 0 Å². The Morgan fingerprint density at radius 1 is 1.36 bits per heavy atom. The average molecular weight is 320 g/mol. The number of rotatable bonds is 1. The van der Waals surface area contributed by atoms with Crippen molar-refractivity contribution in [2.75, 3.05) is 0 Å². The van der Waals surface area contributed by atoms with Crippen LogP contribution < -0.4 is 0 Å². The molecule has 60 valence electrons. The van der Waals surface area contributed by atoms with Crippen LogP contribution in [0.3, 0.4) is 0 Å². The third-order valence-electron chi connectivity index (χ3n) is 1.19. The van der Waals surface area contributed by atoms with Gasteiger partial charge in [0.15, 0.2) is 0 Å². The smallest absolute Gasteiger partial charge is 0.429 e. The maximum absolute atomic E-state index is 8.54. The van der Waals surface area contributed by atoms with Crippen LogP contribution in [0.5, 0.6) is 0 Å². The predicted octanol–water partition coefficient (Wildman–Crippen LogP) is 2.33. The summed E-state index contributed by atoms with van der Waals surface area (Å²) in [5, 5.41) is 8.54. The third-order valence-corrected chi connectivity index (χ3v) is 1.19. The van der Waals surface area contributed by atoms with Crippen LogP contribution in [0.2, 0.25) is 0 Å². The first-order valence-corrected chi connectivity index (χ1v) is 2.87. The van der Waals surface area contributed by atoms with E-state index in [1.807, 2.05) is 31.2 Å². The second kappa shape index (κ2) is 6.45. The van der Waals surface area contributed by atoms with Crippen molar-refractivity contribution in [1.82, 2.24) is 0 Å². The maximum Gasteiger partial charge on any atom is 2.00 e. The molecule has 0 saturated carbocycles. The molecule has 11 heavy (non-hydrogen) atoms. The molecule has 0 aliphatic heterocycles. The largest absolute Gasteiger partial charge is 2.00 e.